The van der Waals surface area contributed by atoms with Crippen LogP contribution in [-0.2, 0) is 4.74 Å². The molecular formula is C8H14O5. The lowest BCUT2D eigenvalue weighted by atomic mass is 10.0. The summed E-state index contributed by atoms with van der Waals surface area (Å²) in [6, 6.07) is 0. The first-order chi connectivity index (χ1) is 6.15. The van der Waals surface area contributed by atoms with Crippen molar-refractivity contribution in [2.45, 2.75) is 31.0 Å². The molecule has 5 heteroatoms. The lowest BCUT2D eigenvalue weighted by Gasteiger charge is -2.33. The minimum atomic E-state index is -1.11. The molecule has 0 spiro atoms. The van der Waals surface area contributed by atoms with Gasteiger partial charge in [-0.25, -0.2) is 0 Å². The molecule has 0 aromatic carbocycles. The lowest BCUT2D eigenvalue weighted by molar-refractivity contribution is -0.239. The smallest absolute Gasteiger partial charge is 0.157 e. The quantitative estimate of drug-likeness (QED) is 0.361. The molecule has 0 aliphatic carbocycles. The molecule has 1 fully saturated rings. The molecule has 1 aliphatic heterocycles. The van der Waals surface area contributed by atoms with E-state index in [0.717, 1.165) is 0 Å². The Morgan fingerprint density at radius 3 is 2.23 bits per heavy atom. The molecule has 0 aromatic heterocycles. The van der Waals surface area contributed by atoms with Crippen molar-refractivity contribution in [3.05, 3.63) is 0 Å². The van der Waals surface area contributed by atoms with Crippen LogP contribution in [0.4, 0.5) is 0 Å². The zero-order chi connectivity index (χ0) is 10.4. The van der Waals surface area contributed by atoms with Crippen LogP contribution < -0.4 is 0 Å². The van der Waals surface area contributed by atoms with Crippen LogP contribution in [0.3, 0.4) is 0 Å². The van der Waals surface area contributed by atoms with E-state index >= 15 is 0 Å². The first kappa shape index (κ1) is 12.4. The summed E-state index contributed by atoms with van der Waals surface area (Å²) >= 11 is 0. The van der Waals surface area contributed by atoms with Gasteiger partial charge in [0.05, 0.1) is 12.7 Å². The fraction of sp³-hybridized carbons (Fsp3) is 0.750. The Labute approximate surface area is 76.6 Å². The van der Waals surface area contributed by atoms with Crippen molar-refractivity contribution >= 4 is 0 Å². The molecule has 1 saturated heterocycles. The molecule has 4 N–H and O–H groups in total. The minimum Gasteiger partial charge on any atom is -0.394 e. The maximum atomic E-state index is 9.11. The van der Waals surface area contributed by atoms with Gasteiger partial charge >= 0.3 is 0 Å². The highest BCUT2D eigenvalue weighted by Gasteiger charge is 2.35. The van der Waals surface area contributed by atoms with Crippen LogP contribution in [0.2, 0.25) is 0 Å². The maximum Gasteiger partial charge on any atom is 0.157 e. The second-order valence-corrected chi connectivity index (χ2v) is 2.61. The van der Waals surface area contributed by atoms with Gasteiger partial charge in [0, 0.05) is 6.42 Å². The van der Waals surface area contributed by atoms with Crippen LogP contribution in [0, 0.1) is 12.8 Å². The van der Waals surface area contributed by atoms with E-state index in [4.69, 9.17) is 25.2 Å². The predicted molar refractivity (Wildman–Crippen MR) is 44.5 cm³/mol. The third-order valence-electron chi connectivity index (χ3n) is 1.73. The molecule has 5 nitrogen and oxygen atoms in total. The number of aliphatic hydroxyl groups is 4. The maximum absolute atomic E-state index is 9.11. The summed E-state index contributed by atoms with van der Waals surface area (Å²) in [4.78, 5) is 0. The van der Waals surface area contributed by atoms with Crippen molar-refractivity contribution in [3.8, 4) is 12.8 Å². The summed E-state index contributed by atoms with van der Waals surface area (Å²) in [7, 11) is 0. The van der Waals surface area contributed by atoms with Crippen molar-refractivity contribution in [2.75, 3.05) is 6.61 Å². The topological polar surface area (TPSA) is 90.2 Å². The monoisotopic (exact) mass is 190 g/mol. The second kappa shape index (κ2) is 5.91. The number of hydrogen-bond acceptors (Lipinski definition) is 5. The molecule has 0 bridgehead atoms. The van der Waals surface area contributed by atoms with Crippen LogP contribution in [0.1, 0.15) is 6.42 Å². The Balaban J connectivity index is 0.000000671. The molecule has 1 aliphatic rings. The predicted octanol–water partition coefficient (Wildman–Crippen LogP) is -1.94. The highest BCUT2D eigenvalue weighted by Crippen LogP contribution is 2.18. The van der Waals surface area contributed by atoms with Gasteiger partial charge in [-0.3, -0.25) is 0 Å². The Kier molecular flexibility index (Phi) is 5.62. The Bertz CT molecular complexity index is 158. The molecule has 1 rings (SSSR count). The number of aliphatic hydroxyl groups excluding tert-OH is 4. The molecule has 76 valence electrons. The van der Waals surface area contributed by atoms with E-state index in [9.17, 15) is 0 Å². The zero-order valence-electron chi connectivity index (χ0n) is 7.08. The van der Waals surface area contributed by atoms with Crippen LogP contribution >= 0.6 is 0 Å². The molecule has 4 unspecified atom stereocenters. The van der Waals surface area contributed by atoms with E-state index in [1.54, 1.807) is 0 Å². The minimum absolute atomic E-state index is 0.0162. The van der Waals surface area contributed by atoms with Crippen LogP contribution in [-0.4, -0.2) is 51.6 Å². The average Bonchev–Trinajstić information content (AvgIpc) is 2.14. The zero-order valence-corrected chi connectivity index (χ0v) is 7.08. The molecule has 0 saturated carbocycles. The molecule has 13 heavy (non-hydrogen) atoms. The first-order valence-corrected chi connectivity index (χ1v) is 3.79. The molecule has 0 amide bonds. The second-order valence-electron chi connectivity index (χ2n) is 2.61. The fourth-order valence-electron chi connectivity index (χ4n) is 1.08. The molecule has 1 heterocycles. The van der Waals surface area contributed by atoms with Gasteiger partial charge in [0.25, 0.3) is 0 Å². The highest BCUT2D eigenvalue weighted by atomic mass is 16.6. The van der Waals surface area contributed by atoms with Crippen LogP contribution in [0.25, 0.3) is 0 Å². The van der Waals surface area contributed by atoms with Gasteiger partial charge in [0.1, 0.15) is 12.2 Å². The number of hydrogen-bond donors (Lipinski definition) is 4. The van der Waals surface area contributed by atoms with Crippen LogP contribution in [0.15, 0.2) is 0 Å². The molecular weight excluding hydrogens is 176 g/mol. The summed E-state index contributed by atoms with van der Waals surface area (Å²) in [5.41, 5.74) is 0. The third kappa shape index (κ3) is 3.30. The van der Waals surface area contributed by atoms with Crippen LogP contribution in [0.5, 0.6) is 0 Å². The van der Waals surface area contributed by atoms with Gasteiger partial charge < -0.3 is 25.2 Å². The fourth-order valence-corrected chi connectivity index (χ4v) is 1.08. The summed E-state index contributed by atoms with van der Waals surface area (Å²) < 4.78 is 4.71. The van der Waals surface area contributed by atoms with E-state index in [1.165, 1.54) is 0 Å². The van der Waals surface area contributed by atoms with Crippen molar-refractivity contribution in [2.24, 2.45) is 0 Å². The lowest BCUT2D eigenvalue weighted by Crippen LogP contribution is -2.49. The van der Waals surface area contributed by atoms with E-state index in [-0.39, 0.29) is 6.42 Å². The Morgan fingerprint density at radius 1 is 1.23 bits per heavy atom. The SMILES string of the molecule is C#C.OCC1OC(O)CC(O)C1O. The highest BCUT2D eigenvalue weighted by molar-refractivity contribution is 4.81. The van der Waals surface area contributed by atoms with E-state index < -0.39 is 31.2 Å². The van der Waals surface area contributed by atoms with Crippen molar-refractivity contribution in [1.82, 2.24) is 0 Å². The van der Waals surface area contributed by atoms with E-state index in [0.29, 0.717) is 0 Å². The van der Waals surface area contributed by atoms with Crippen molar-refractivity contribution in [1.29, 1.82) is 0 Å². The Morgan fingerprint density at radius 2 is 1.77 bits per heavy atom. The Hall–Kier alpha value is -0.640. The average molecular weight is 190 g/mol. The number of rotatable bonds is 1. The van der Waals surface area contributed by atoms with Gasteiger partial charge in [-0.15, -0.1) is 12.8 Å². The van der Waals surface area contributed by atoms with Gasteiger partial charge in [-0.2, -0.15) is 0 Å². The number of terminal acetylenes is 1. The summed E-state index contributed by atoms with van der Waals surface area (Å²) in [5.74, 6) is 0. The molecule has 0 radical (unpaired) electrons. The van der Waals surface area contributed by atoms with Gasteiger partial charge in [0.2, 0.25) is 0 Å². The third-order valence-corrected chi connectivity index (χ3v) is 1.73. The standard InChI is InChI=1S/C6H12O5.C2H2/c7-2-4-6(10)3(8)1-5(9)11-4;1-2/h3-10H,1-2H2;1-2H. The first-order valence-electron chi connectivity index (χ1n) is 3.79. The van der Waals surface area contributed by atoms with Gasteiger partial charge in [0.15, 0.2) is 6.29 Å². The van der Waals surface area contributed by atoms with E-state index in [1.807, 2.05) is 0 Å². The molecule has 4 atom stereocenters. The van der Waals surface area contributed by atoms with Crippen molar-refractivity contribution in [3.63, 3.8) is 0 Å². The summed E-state index contributed by atoms with van der Waals surface area (Å²) in [6.07, 6.45) is 3.89. The van der Waals surface area contributed by atoms with Gasteiger partial charge in [-0.05, 0) is 0 Å². The number of ether oxygens (including phenoxy) is 1. The largest absolute Gasteiger partial charge is 0.394 e. The summed E-state index contributed by atoms with van der Waals surface area (Å²) in [6.45, 7) is -0.407. The summed E-state index contributed by atoms with van der Waals surface area (Å²) in [5, 5.41) is 35.6. The van der Waals surface area contributed by atoms with Crippen molar-refractivity contribution < 1.29 is 25.2 Å². The van der Waals surface area contributed by atoms with Gasteiger partial charge in [-0.1, -0.05) is 0 Å². The normalized spacial score (nSPS) is 38.9. The van der Waals surface area contributed by atoms with E-state index in [2.05, 4.69) is 12.8 Å². The molecule has 0 aromatic rings.